The van der Waals surface area contributed by atoms with Crippen LogP contribution in [0.25, 0.3) is 0 Å². The van der Waals surface area contributed by atoms with Crippen LogP contribution >= 0.6 is 15.9 Å². The van der Waals surface area contributed by atoms with E-state index < -0.39 is 0 Å². The average Bonchev–Trinajstić information content (AvgIpc) is 2.45. The highest BCUT2D eigenvalue weighted by Gasteiger charge is 2.08. The fourth-order valence-corrected chi connectivity index (χ4v) is 2.17. The average molecular weight is 335 g/mol. The maximum atomic E-state index is 12.0. The Hall–Kier alpha value is -1.95. The molecule has 0 fully saturated rings. The Bertz CT molecular complexity index is 681. The molecule has 0 radical (unpaired) electrons. The molecule has 0 spiro atoms. The maximum Gasteiger partial charge on any atom is 0.283 e. The summed E-state index contributed by atoms with van der Waals surface area (Å²) in [7, 11) is 0. The molecule has 0 aromatic carbocycles. The summed E-state index contributed by atoms with van der Waals surface area (Å²) in [6.07, 6.45) is 5.00. The minimum Gasteiger partial charge on any atom is -0.377 e. The first-order valence-electron chi connectivity index (χ1n) is 6.14. The second-order valence-electron chi connectivity index (χ2n) is 4.27. The minimum atomic E-state index is -0.187. The van der Waals surface area contributed by atoms with Gasteiger partial charge in [0.2, 0.25) is 0 Å². The Morgan fingerprint density at radius 3 is 3.05 bits per heavy atom. The topological polar surface area (TPSA) is 59.8 Å². The van der Waals surface area contributed by atoms with Crippen molar-refractivity contribution in [3.8, 4) is 0 Å². The van der Waals surface area contributed by atoms with E-state index in [1.807, 2.05) is 19.1 Å². The number of rotatable bonds is 5. The fourth-order valence-electron chi connectivity index (χ4n) is 1.72. The van der Waals surface area contributed by atoms with E-state index in [4.69, 9.17) is 0 Å². The van der Waals surface area contributed by atoms with E-state index >= 15 is 0 Å². The molecular weight excluding hydrogens is 320 g/mol. The molecule has 2 heterocycles. The largest absolute Gasteiger partial charge is 0.377 e. The van der Waals surface area contributed by atoms with Gasteiger partial charge in [0.15, 0.2) is 0 Å². The van der Waals surface area contributed by atoms with Gasteiger partial charge in [-0.2, -0.15) is 5.10 Å². The summed E-state index contributed by atoms with van der Waals surface area (Å²) in [6.45, 7) is 6.52. The van der Waals surface area contributed by atoms with Gasteiger partial charge in [-0.1, -0.05) is 12.1 Å². The molecule has 0 saturated carbocycles. The normalized spacial score (nSPS) is 10.3. The van der Waals surface area contributed by atoms with E-state index in [1.54, 1.807) is 18.5 Å². The number of nitrogens with zero attached hydrogens (tertiary/aromatic N) is 3. The molecule has 1 N–H and O–H groups in total. The third-order valence-electron chi connectivity index (χ3n) is 2.85. The highest BCUT2D eigenvalue weighted by atomic mass is 79.9. The van der Waals surface area contributed by atoms with Gasteiger partial charge >= 0.3 is 0 Å². The molecule has 0 bridgehead atoms. The number of anilines is 1. The Morgan fingerprint density at radius 2 is 2.35 bits per heavy atom. The molecule has 0 amide bonds. The van der Waals surface area contributed by atoms with Crippen molar-refractivity contribution < 1.29 is 0 Å². The van der Waals surface area contributed by atoms with Gasteiger partial charge in [-0.15, -0.1) is 6.58 Å². The van der Waals surface area contributed by atoms with Crippen molar-refractivity contribution in [2.75, 3.05) is 5.32 Å². The van der Waals surface area contributed by atoms with E-state index in [0.29, 0.717) is 23.2 Å². The van der Waals surface area contributed by atoms with Gasteiger partial charge in [0.05, 0.1) is 30.7 Å². The second-order valence-corrected chi connectivity index (χ2v) is 5.06. The molecular formula is C14H15BrN4O. The molecule has 104 valence electrons. The SMILES string of the molecule is C=CCn1ncc(NCc2ncccc2C)c(Br)c1=O. The third-order valence-corrected chi connectivity index (χ3v) is 3.62. The van der Waals surface area contributed by atoms with Crippen LogP contribution in [0.1, 0.15) is 11.3 Å². The first-order chi connectivity index (χ1) is 9.63. The summed E-state index contributed by atoms with van der Waals surface area (Å²) in [6, 6.07) is 3.89. The molecule has 2 rings (SSSR count). The summed E-state index contributed by atoms with van der Waals surface area (Å²) in [4.78, 5) is 16.3. The highest BCUT2D eigenvalue weighted by molar-refractivity contribution is 9.10. The molecule has 2 aromatic rings. The molecule has 6 heteroatoms. The van der Waals surface area contributed by atoms with Crippen molar-refractivity contribution in [2.45, 2.75) is 20.0 Å². The van der Waals surface area contributed by atoms with Gasteiger partial charge in [-0.25, -0.2) is 4.68 Å². The van der Waals surface area contributed by atoms with Crippen LogP contribution in [-0.2, 0) is 13.1 Å². The van der Waals surface area contributed by atoms with E-state index in [1.165, 1.54) is 4.68 Å². The number of aromatic nitrogens is 3. The van der Waals surface area contributed by atoms with Crippen molar-refractivity contribution in [1.29, 1.82) is 0 Å². The number of halogens is 1. The van der Waals surface area contributed by atoms with Crippen molar-refractivity contribution in [1.82, 2.24) is 14.8 Å². The zero-order valence-corrected chi connectivity index (χ0v) is 12.7. The summed E-state index contributed by atoms with van der Waals surface area (Å²) in [5, 5.41) is 7.25. The van der Waals surface area contributed by atoms with Crippen LogP contribution in [0.5, 0.6) is 0 Å². The van der Waals surface area contributed by atoms with Crippen LogP contribution < -0.4 is 10.9 Å². The van der Waals surface area contributed by atoms with Crippen molar-refractivity contribution >= 4 is 21.6 Å². The van der Waals surface area contributed by atoms with E-state index in [-0.39, 0.29) is 5.56 Å². The monoisotopic (exact) mass is 334 g/mol. The second kappa shape index (κ2) is 6.47. The number of hydrogen-bond acceptors (Lipinski definition) is 4. The van der Waals surface area contributed by atoms with Crippen LogP contribution in [0.4, 0.5) is 5.69 Å². The number of pyridine rings is 1. The van der Waals surface area contributed by atoms with E-state index in [9.17, 15) is 4.79 Å². The predicted octanol–water partition coefficient (Wildman–Crippen LogP) is 2.51. The fraction of sp³-hybridized carbons (Fsp3) is 0.214. The Kier molecular flexibility index (Phi) is 4.68. The van der Waals surface area contributed by atoms with Crippen LogP contribution in [0.15, 0.2) is 46.4 Å². The zero-order valence-electron chi connectivity index (χ0n) is 11.1. The summed E-state index contributed by atoms with van der Waals surface area (Å²) < 4.78 is 1.80. The van der Waals surface area contributed by atoms with Gasteiger partial charge in [-0.05, 0) is 34.5 Å². The molecule has 5 nitrogen and oxygen atoms in total. The van der Waals surface area contributed by atoms with Crippen LogP contribution in [0.2, 0.25) is 0 Å². The summed E-state index contributed by atoms with van der Waals surface area (Å²) >= 11 is 3.30. The number of aryl methyl sites for hydroxylation is 1. The van der Waals surface area contributed by atoms with Crippen molar-refractivity contribution in [2.24, 2.45) is 0 Å². The lowest BCUT2D eigenvalue weighted by atomic mass is 10.2. The van der Waals surface area contributed by atoms with Crippen LogP contribution in [0.3, 0.4) is 0 Å². The number of nitrogens with one attached hydrogen (secondary N) is 1. The summed E-state index contributed by atoms with van der Waals surface area (Å²) in [5.74, 6) is 0. The number of allylic oxidation sites excluding steroid dienone is 1. The van der Waals surface area contributed by atoms with Gasteiger partial charge in [-0.3, -0.25) is 9.78 Å². The molecule has 20 heavy (non-hydrogen) atoms. The molecule has 0 saturated heterocycles. The van der Waals surface area contributed by atoms with Gasteiger partial charge in [0.1, 0.15) is 4.47 Å². The van der Waals surface area contributed by atoms with Crippen molar-refractivity contribution in [3.05, 3.63) is 63.3 Å². The third kappa shape index (κ3) is 3.14. The first kappa shape index (κ1) is 14.5. The molecule has 0 atom stereocenters. The maximum absolute atomic E-state index is 12.0. The van der Waals surface area contributed by atoms with E-state index in [2.05, 4.69) is 37.9 Å². The molecule has 2 aromatic heterocycles. The molecule has 0 aliphatic carbocycles. The number of hydrogen-bond donors (Lipinski definition) is 1. The lowest BCUT2D eigenvalue weighted by Crippen LogP contribution is -2.24. The lowest BCUT2D eigenvalue weighted by molar-refractivity contribution is 0.648. The van der Waals surface area contributed by atoms with Crippen LogP contribution in [-0.4, -0.2) is 14.8 Å². The predicted molar refractivity (Wildman–Crippen MR) is 82.7 cm³/mol. The Labute approximate surface area is 125 Å². The quantitative estimate of drug-likeness (QED) is 0.853. The standard InChI is InChI=1S/C14H15BrN4O/c1-3-7-19-14(20)13(15)12(9-18-19)17-8-11-10(2)5-4-6-16-11/h3-6,9,17H,1,7-8H2,2H3. The Morgan fingerprint density at radius 1 is 1.55 bits per heavy atom. The highest BCUT2D eigenvalue weighted by Crippen LogP contribution is 2.17. The molecule has 0 aliphatic rings. The smallest absolute Gasteiger partial charge is 0.283 e. The van der Waals surface area contributed by atoms with E-state index in [0.717, 1.165) is 11.3 Å². The first-order valence-corrected chi connectivity index (χ1v) is 6.93. The Balaban J connectivity index is 2.19. The lowest BCUT2D eigenvalue weighted by Gasteiger charge is -2.10. The van der Waals surface area contributed by atoms with Crippen LogP contribution in [0, 0.1) is 6.92 Å². The van der Waals surface area contributed by atoms with Gasteiger partial charge in [0.25, 0.3) is 5.56 Å². The minimum absolute atomic E-state index is 0.187. The molecule has 0 aliphatic heterocycles. The van der Waals surface area contributed by atoms with Gasteiger partial charge < -0.3 is 5.32 Å². The van der Waals surface area contributed by atoms with Crippen molar-refractivity contribution in [3.63, 3.8) is 0 Å². The zero-order chi connectivity index (χ0) is 14.5. The van der Waals surface area contributed by atoms with Gasteiger partial charge in [0, 0.05) is 6.20 Å². The molecule has 0 unspecified atom stereocenters. The summed E-state index contributed by atoms with van der Waals surface area (Å²) in [5.41, 5.74) is 2.51.